The van der Waals surface area contributed by atoms with E-state index in [0.717, 1.165) is 19.4 Å². The summed E-state index contributed by atoms with van der Waals surface area (Å²) in [6.07, 6.45) is 6.83. The average Bonchev–Trinajstić information content (AvgIpc) is 2.77. The Kier molecular flexibility index (Phi) is 2.72. The number of hydrogen-bond acceptors (Lipinski definition) is 2. The summed E-state index contributed by atoms with van der Waals surface area (Å²) in [6.45, 7) is 0.997. The van der Waals surface area contributed by atoms with Crippen LogP contribution in [0.3, 0.4) is 0 Å². The lowest BCUT2D eigenvalue weighted by Crippen LogP contribution is -2.24. The minimum absolute atomic E-state index is 0.0476. The summed E-state index contributed by atoms with van der Waals surface area (Å²) < 4.78 is 1.69. The molecule has 1 aliphatic carbocycles. The van der Waals surface area contributed by atoms with Crippen LogP contribution in [0.2, 0.25) is 0 Å². The van der Waals surface area contributed by atoms with Crippen molar-refractivity contribution in [2.45, 2.75) is 25.8 Å². The maximum absolute atomic E-state index is 11.2. The highest BCUT2D eigenvalue weighted by Crippen LogP contribution is 2.32. The zero-order valence-corrected chi connectivity index (χ0v) is 8.15. The quantitative estimate of drug-likeness (QED) is 0.743. The first-order chi connectivity index (χ1) is 6.81. The van der Waals surface area contributed by atoms with Gasteiger partial charge in [-0.2, -0.15) is 0 Å². The van der Waals surface area contributed by atoms with Crippen molar-refractivity contribution in [2.24, 2.45) is 11.8 Å². The summed E-state index contributed by atoms with van der Waals surface area (Å²) in [7, 11) is 0. The molecule has 78 valence electrons. The van der Waals surface area contributed by atoms with Gasteiger partial charge in [-0.05, 0) is 24.7 Å². The van der Waals surface area contributed by atoms with Gasteiger partial charge in [-0.25, -0.2) is 4.79 Å². The van der Waals surface area contributed by atoms with Crippen LogP contribution >= 0.6 is 0 Å². The molecule has 1 aromatic heterocycles. The van der Waals surface area contributed by atoms with E-state index in [-0.39, 0.29) is 12.3 Å². The summed E-state index contributed by atoms with van der Waals surface area (Å²) in [4.78, 5) is 13.9. The molecule has 1 aliphatic rings. The molecule has 4 heteroatoms. The predicted molar refractivity (Wildman–Crippen MR) is 53.0 cm³/mol. The maximum Gasteiger partial charge on any atom is 0.325 e. The fourth-order valence-electron chi connectivity index (χ4n) is 2.34. The molecule has 0 aromatic carbocycles. The minimum Gasteiger partial charge on any atom is -0.396 e. The van der Waals surface area contributed by atoms with E-state index in [4.69, 9.17) is 5.11 Å². The van der Waals surface area contributed by atoms with Crippen LogP contribution in [0.15, 0.2) is 17.2 Å². The van der Waals surface area contributed by atoms with Crippen molar-refractivity contribution >= 4 is 0 Å². The maximum atomic E-state index is 11.2. The van der Waals surface area contributed by atoms with Crippen molar-refractivity contribution in [3.63, 3.8) is 0 Å². The van der Waals surface area contributed by atoms with Crippen molar-refractivity contribution in [1.82, 2.24) is 9.55 Å². The molecule has 0 radical (unpaired) electrons. The summed E-state index contributed by atoms with van der Waals surface area (Å²) >= 11 is 0. The Balaban J connectivity index is 2.04. The molecule has 2 N–H and O–H groups in total. The third-order valence-corrected chi connectivity index (χ3v) is 3.20. The van der Waals surface area contributed by atoms with Gasteiger partial charge in [-0.3, -0.25) is 4.57 Å². The van der Waals surface area contributed by atoms with E-state index in [9.17, 15) is 4.79 Å². The molecule has 1 saturated carbocycles. The second kappa shape index (κ2) is 4.00. The number of hydrogen-bond donors (Lipinski definition) is 2. The first kappa shape index (κ1) is 9.52. The SMILES string of the molecule is O=c1[nH]ccn1CC1CCCC1CO. The van der Waals surface area contributed by atoms with Crippen molar-refractivity contribution < 1.29 is 5.11 Å². The predicted octanol–water partition coefficient (Wildman–Crippen LogP) is 0.585. The molecule has 1 fully saturated rings. The molecule has 0 spiro atoms. The second-order valence-electron chi connectivity index (χ2n) is 4.05. The van der Waals surface area contributed by atoms with Crippen LogP contribution < -0.4 is 5.69 Å². The number of H-pyrrole nitrogens is 1. The van der Waals surface area contributed by atoms with Gasteiger partial charge in [0.05, 0.1) is 0 Å². The molecule has 1 aromatic rings. The number of rotatable bonds is 3. The van der Waals surface area contributed by atoms with Crippen LogP contribution in [0.5, 0.6) is 0 Å². The fraction of sp³-hybridized carbons (Fsp3) is 0.700. The lowest BCUT2D eigenvalue weighted by Gasteiger charge is -2.16. The van der Waals surface area contributed by atoms with Crippen LogP contribution in [0.25, 0.3) is 0 Å². The van der Waals surface area contributed by atoms with Gasteiger partial charge >= 0.3 is 5.69 Å². The number of aromatic nitrogens is 2. The molecule has 0 aliphatic heterocycles. The Bertz CT molecular complexity index is 342. The molecule has 2 unspecified atom stereocenters. The van der Waals surface area contributed by atoms with Crippen LogP contribution in [-0.2, 0) is 6.54 Å². The van der Waals surface area contributed by atoms with Gasteiger partial charge in [-0.15, -0.1) is 0 Å². The van der Waals surface area contributed by atoms with Gasteiger partial charge in [0.15, 0.2) is 0 Å². The van der Waals surface area contributed by atoms with Gasteiger partial charge in [0, 0.05) is 25.5 Å². The van der Waals surface area contributed by atoms with Gasteiger partial charge < -0.3 is 10.1 Å². The van der Waals surface area contributed by atoms with E-state index in [1.54, 1.807) is 17.0 Å². The molecule has 2 rings (SSSR count). The Labute approximate surface area is 82.6 Å². The summed E-state index contributed by atoms with van der Waals surface area (Å²) in [5.74, 6) is 0.852. The van der Waals surface area contributed by atoms with Crippen LogP contribution in [0, 0.1) is 11.8 Å². The Morgan fingerprint density at radius 2 is 2.29 bits per heavy atom. The second-order valence-corrected chi connectivity index (χ2v) is 4.05. The molecular weight excluding hydrogens is 180 g/mol. The largest absolute Gasteiger partial charge is 0.396 e. The number of aliphatic hydroxyl groups is 1. The van der Waals surface area contributed by atoms with E-state index in [1.807, 2.05) is 0 Å². The molecule has 1 heterocycles. The zero-order valence-electron chi connectivity index (χ0n) is 8.15. The average molecular weight is 196 g/mol. The number of aliphatic hydroxyl groups excluding tert-OH is 1. The normalized spacial score (nSPS) is 26.9. The molecule has 0 saturated heterocycles. The molecule has 0 bridgehead atoms. The molecule has 4 nitrogen and oxygen atoms in total. The zero-order chi connectivity index (χ0) is 9.97. The molecule has 2 atom stereocenters. The van der Waals surface area contributed by atoms with Gasteiger partial charge in [0.25, 0.3) is 0 Å². The number of nitrogens with one attached hydrogen (secondary N) is 1. The fourth-order valence-corrected chi connectivity index (χ4v) is 2.34. The smallest absolute Gasteiger partial charge is 0.325 e. The van der Waals surface area contributed by atoms with E-state index in [0.29, 0.717) is 11.8 Å². The Morgan fingerprint density at radius 1 is 1.50 bits per heavy atom. The third kappa shape index (κ3) is 1.75. The van der Waals surface area contributed by atoms with Crippen LogP contribution in [0.4, 0.5) is 0 Å². The van der Waals surface area contributed by atoms with Gasteiger partial charge in [0.2, 0.25) is 0 Å². The van der Waals surface area contributed by atoms with Crippen LogP contribution in [0.1, 0.15) is 19.3 Å². The monoisotopic (exact) mass is 196 g/mol. The molecule has 0 amide bonds. The van der Waals surface area contributed by atoms with Crippen molar-refractivity contribution in [2.75, 3.05) is 6.61 Å². The van der Waals surface area contributed by atoms with Crippen molar-refractivity contribution in [3.05, 3.63) is 22.9 Å². The van der Waals surface area contributed by atoms with Crippen molar-refractivity contribution in [3.8, 4) is 0 Å². The Hall–Kier alpha value is -1.03. The first-order valence-corrected chi connectivity index (χ1v) is 5.16. The summed E-state index contributed by atoms with van der Waals surface area (Å²) in [5, 5.41) is 9.14. The first-order valence-electron chi connectivity index (χ1n) is 5.16. The highest BCUT2D eigenvalue weighted by atomic mass is 16.3. The van der Waals surface area contributed by atoms with Crippen molar-refractivity contribution in [1.29, 1.82) is 0 Å². The van der Waals surface area contributed by atoms with E-state index in [1.165, 1.54) is 6.42 Å². The van der Waals surface area contributed by atoms with E-state index in [2.05, 4.69) is 4.98 Å². The van der Waals surface area contributed by atoms with E-state index >= 15 is 0 Å². The third-order valence-electron chi connectivity index (χ3n) is 3.20. The highest BCUT2D eigenvalue weighted by Gasteiger charge is 2.26. The molecule has 14 heavy (non-hydrogen) atoms. The summed E-state index contributed by atoms with van der Waals surface area (Å²) in [5.41, 5.74) is -0.0476. The van der Waals surface area contributed by atoms with Gasteiger partial charge in [-0.1, -0.05) is 6.42 Å². The topological polar surface area (TPSA) is 58.0 Å². The number of aromatic amines is 1. The highest BCUT2D eigenvalue weighted by molar-refractivity contribution is 4.82. The van der Waals surface area contributed by atoms with Crippen LogP contribution in [-0.4, -0.2) is 21.3 Å². The molecular formula is C10H16N2O2. The minimum atomic E-state index is -0.0476. The van der Waals surface area contributed by atoms with E-state index < -0.39 is 0 Å². The van der Waals surface area contributed by atoms with Gasteiger partial charge in [0.1, 0.15) is 0 Å². The lowest BCUT2D eigenvalue weighted by atomic mass is 9.97. The lowest BCUT2D eigenvalue weighted by molar-refractivity contribution is 0.184. The standard InChI is InChI=1S/C10H16N2O2/c13-7-9-3-1-2-8(9)6-12-5-4-11-10(12)14/h4-5,8-9,13H,1-3,6-7H2,(H,11,14). The summed E-state index contributed by atoms with van der Waals surface area (Å²) in [6, 6.07) is 0. The number of nitrogens with zero attached hydrogens (tertiary/aromatic N) is 1. The number of imidazole rings is 1. The Morgan fingerprint density at radius 3 is 2.93 bits per heavy atom.